The number of benzene rings is 1. The number of aliphatic hydroxyl groups excluding tert-OH is 1. The molecule has 3 N–H and O–H groups in total. The molecular weight excluding hydrogens is 523 g/mol. The molecule has 3 amide bonds. The normalized spacial score (nSPS) is 18.1. The van der Waals surface area contributed by atoms with Crippen molar-refractivity contribution < 1.29 is 28.6 Å². The number of hydrogen-bond donors (Lipinski definition) is 3. The number of halogens is 1. The second-order valence-electron chi connectivity index (χ2n) is 10.9. The summed E-state index contributed by atoms with van der Waals surface area (Å²) in [5.74, 6) is -0.559. The van der Waals surface area contributed by atoms with E-state index in [0.29, 0.717) is 12.2 Å². The molecule has 2 aromatic rings. The number of likely N-dealkylation sites (tertiary alicyclic amines) is 1. The molecule has 9 nitrogen and oxygen atoms in total. The first-order valence-electron chi connectivity index (χ1n) is 13.1. The fraction of sp³-hybridized carbons (Fsp3) is 0.571. The van der Waals surface area contributed by atoms with Crippen LogP contribution in [0.5, 0.6) is 5.75 Å². The zero-order chi connectivity index (χ0) is 28.7. The fourth-order valence-corrected chi connectivity index (χ4v) is 5.45. The van der Waals surface area contributed by atoms with E-state index in [1.807, 2.05) is 45.9 Å². The van der Waals surface area contributed by atoms with E-state index in [4.69, 9.17) is 4.74 Å². The Hall–Kier alpha value is -3.05. The standard InChI is InChI=1S/C28H39FN4O5S/c1-17-24(39-16-31-17)18-9-10-19(22(12-18)38-5)14-30-26(36)21-13-20(34)15-33(21)27(37)25(28(2,3)4)32-23(35)8-6-7-11-29/h9-10,12,16,20-21,25,34H,6-8,11,13-15H2,1-5H3,(H,30,36)(H,32,35)/t20-,21+,25-/m1/s1. The van der Waals surface area contributed by atoms with Gasteiger partial charge in [-0.05, 0) is 36.8 Å². The Kier molecular flexibility index (Phi) is 10.4. The van der Waals surface area contributed by atoms with Crippen molar-refractivity contribution in [1.82, 2.24) is 20.5 Å². The number of aliphatic hydroxyl groups is 1. The summed E-state index contributed by atoms with van der Waals surface area (Å²) in [6.45, 7) is 7.07. The maximum Gasteiger partial charge on any atom is 0.246 e. The van der Waals surface area contributed by atoms with Crippen LogP contribution in [-0.2, 0) is 20.9 Å². The summed E-state index contributed by atoms with van der Waals surface area (Å²) in [4.78, 5) is 46.0. The van der Waals surface area contributed by atoms with Gasteiger partial charge in [0.15, 0.2) is 0 Å². The van der Waals surface area contributed by atoms with Crippen molar-refractivity contribution in [3.63, 3.8) is 0 Å². The highest BCUT2D eigenvalue weighted by Crippen LogP contribution is 2.32. The van der Waals surface area contributed by atoms with Crippen molar-refractivity contribution >= 4 is 29.1 Å². The minimum Gasteiger partial charge on any atom is -0.496 e. The van der Waals surface area contributed by atoms with Gasteiger partial charge in [0, 0.05) is 31.5 Å². The van der Waals surface area contributed by atoms with E-state index in [0.717, 1.165) is 21.7 Å². The van der Waals surface area contributed by atoms with Gasteiger partial charge in [0.2, 0.25) is 17.7 Å². The summed E-state index contributed by atoms with van der Waals surface area (Å²) in [5.41, 5.74) is 3.81. The number of β-amino-alcohol motifs (C(OH)–C–C–N with tert-alkyl or cyclic N) is 1. The second-order valence-corrected chi connectivity index (χ2v) is 11.8. The van der Waals surface area contributed by atoms with E-state index < -0.39 is 42.1 Å². The van der Waals surface area contributed by atoms with Gasteiger partial charge in [0.1, 0.15) is 17.8 Å². The van der Waals surface area contributed by atoms with Crippen LogP contribution in [-0.4, -0.2) is 71.2 Å². The molecule has 1 aliphatic heterocycles. The quantitative estimate of drug-likeness (QED) is 0.361. The lowest BCUT2D eigenvalue weighted by molar-refractivity contribution is -0.144. The van der Waals surface area contributed by atoms with Crippen molar-refractivity contribution in [2.45, 2.75) is 78.1 Å². The SMILES string of the molecule is COc1cc(-c2scnc2C)ccc1CNC(=O)[C@@H]1C[C@@H](O)CN1C(=O)[C@@H](NC(=O)CCCCF)C(C)(C)C. The second kappa shape index (κ2) is 13.3. The predicted octanol–water partition coefficient (Wildman–Crippen LogP) is 3.38. The molecule has 1 aromatic heterocycles. The number of nitrogens with one attached hydrogen (secondary N) is 2. The number of ether oxygens (including phenoxy) is 1. The van der Waals surface area contributed by atoms with Crippen LogP contribution in [0.2, 0.25) is 0 Å². The van der Waals surface area contributed by atoms with Crippen LogP contribution >= 0.6 is 11.3 Å². The number of hydrogen-bond acceptors (Lipinski definition) is 7. The summed E-state index contributed by atoms with van der Waals surface area (Å²) < 4.78 is 18.0. The molecule has 2 heterocycles. The molecule has 1 saturated heterocycles. The number of carbonyl (C=O) groups excluding carboxylic acids is 3. The number of aromatic nitrogens is 1. The summed E-state index contributed by atoms with van der Waals surface area (Å²) in [7, 11) is 1.57. The minimum atomic E-state index is -0.904. The molecule has 1 aliphatic rings. The summed E-state index contributed by atoms with van der Waals surface area (Å²) in [5, 5.41) is 16.0. The molecular formula is C28H39FN4O5S. The van der Waals surface area contributed by atoms with Gasteiger partial charge < -0.3 is 25.4 Å². The van der Waals surface area contributed by atoms with Crippen molar-refractivity contribution in [2.75, 3.05) is 20.3 Å². The molecule has 0 saturated carbocycles. The van der Waals surface area contributed by atoms with Crippen LogP contribution in [0.4, 0.5) is 4.39 Å². The molecule has 39 heavy (non-hydrogen) atoms. The van der Waals surface area contributed by atoms with Crippen molar-refractivity contribution in [3.05, 3.63) is 35.0 Å². The lowest BCUT2D eigenvalue weighted by atomic mass is 9.85. The highest BCUT2D eigenvalue weighted by atomic mass is 32.1. The van der Waals surface area contributed by atoms with E-state index in [-0.39, 0.29) is 38.3 Å². The zero-order valence-corrected chi connectivity index (χ0v) is 24.1. The average molecular weight is 563 g/mol. The third kappa shape index (κ3) is 7.76. The number of carbonyl (C=O) groups is 3. The summed E-state index contributed by atoms with van der Waals surface area (Å²) in [6, 6.07) is 3.95. The van der Waals surface area contributed by atoms with Gasteiger partial charge in [-0.1, -0.05) is 32.9 Å². The Balaban J connectivity index is 1.71. The van der Waals surface area contributed by atoms with Gasteiger partial charge in [-0.2, -0.15) is 0 Å². The Bertz CT molecular complexity index is 1170. The van der Waals surface area contributed by atoms with Crippen LogP contribution in [0, 0.1) is 12.3 Å². The molecule has 214 valence electrons. The molecule has 0 unspecified atom stereocenters. The molecule has 1 aromatic carbocycles. The smallest absolute Gasteiger partial charge is 0.246 e. The molecule has 0 aliphatic carbocycles. The molecule has 11 heteroatoms. The van der Waals surface area contributed by atoms with E-state index in [1.165, 1.54) is 16.2 Å². The van der Waals surface area contributed by atoms with Crippen LogP contribution in [0.1, 0.15) is 57.7 Å². The number of unbranched alkanes of at least 4 members (excludes halogenated alkanes) is 1. The molecule has 0 spiro atoms. The molecule has 0 radical (unpaired) electrons. The number of alkyl halides is 1. The first kappa shape index (κ1) is 30.5. The lowest BCUT2D eigenvalue weighted by Crippen LogP contribution is -2.57. The van der Waals surface area contributed by atoms with E-state index in [2.05, 4.69) is 15.6 Å². The highest BCUT2D eigenvalue weighted by Gasteiger charge is 2.44. The van der Waals surface area contributed by atoms with E-state index >= 15 is 0 Å². The first-order chi connectivity index (χ1) is 18.5. The maximum atomic E-state index is 13.6. The largest absolute Gasteiger partial charge is 0.496 e. The number of nitrogens with zero attached hydrogens (tertiary/aromatic N) is 2. The lowest BCUT2D eigenvalue weighted by Gasteiger charge is -2.35. The highest BCUT2D eigenvalue weighted by molar-refractivity contribution is 7.13. The number of methoxy groups -OCH3 is 1. The van der Waals surface area contributed by atoms with Crippen molar-refractivity contribution in [1.29, 1.82) is 0 Å². The Labute approximate surface area is 233 Å². The van der Waals surface area contributed by atoms with Gasteiger partial charge >= 0.3 is 0 Å². The van der Waals surface area contributed by atoms with Crippen LogP contribution in [0.25, 0.3) is 10.4 Å². The van der Waals surface area contributed by atoms with Crippen LogP contribution < -0.4 is 15.4 Å². The summed E-state index contributed by atoms with van der Waals surface area (Å²) >= 11 is 1.54. The van der Waals surface area contributed by atoms with Gasteiger partial charge in [0.25, 0.3) is 0 Å². The van der Waals surface area contributed by atoms with Crippen LogP contribution in [0.15, 0.2) is 23.7 Å². The molecule has 3 rings (SSSR count). The number of aryl methyl sites for hydroxylation is 1. The number of thiazole rings is 1. The first-order valence-corrected chi connectivity index (χ1v) is 14.0. The summed E-state index contributed by atoms with van der Waals surface area (Å²) in [6.07, 6.45) is 0.0106. The Morgan fingerprint density at radius 3 is 2.64 bits per heavy atom. The van der Waals surface area contributed by atoms with Crippen molar-refractivity contribution in [2.24, 2.45) is 5.41 Å². The molecule has 3 atom stereocenters. The third-order valence-electron chi connectivity index (χ3n) is 6.82. The van der Waals surface area contributed by atoms with Gasteiger partial charge in [-0.3, -0.25) is 18.8 Å². The van der Waals surface area contributed by atoms with Gasteiger partial charge in [0.05, 0.1) is 36.0 Å². The third-order valence-corrected chi connectivity index (χ3v) is 7.80. The minimum absolute atomic E-state index is 0.00651. The predicted molar refractivity (Wildman–Crippen MR) is 148 cm³/mol. The van der Waals surface area contributed by atoms with E-state index in [1.54, 1.807) is 12.6 Å². The average Bonchev–Trinajstić information content (AvgIpc) is 3.50. The monoisotopic (exact) mass is 562 g/mol. The zero-order valence-electron chi connectivity index (χ0n) is 23.3. The topological polar surface area (TPSA) is 121 Å². The molecule has 0 bridgehead atoms. The Morgan fingerprint density at radius 1 is 1.28 bits per heavy atom. The molecule has 1 fully saturated rings. The maximum absolute atomic E-state index is 13.6. The van der Waals surface area contributed by atoms with Crippen molar-refractivity contribution in [3.8, 4) is 16.2 Å². The number of rotatable bonds is 11. The van der Waals surface area contributed by atoms with Gasteiger partial charge in [-0.15, -0.1) is 11.3 Å². The Morgan fingerprint density at radius 2 is 2.03 bits per heavy atom. The van der Waals surface area contributed by atoms with E-state index in [9.17, 15) is 23.9 Å². The number of amides is 3. The van der Waals surface area contributed by atoms with Gasteiger partial charge in [-0.25, -0.2) is 4.98 Å². The van der Waals surface area contributed by atoms with Crippen LogP contribution in [0.3, 0.4) is 0 Å². The fourth-order valence-electron chi connectivity index (χ4n) is 4.64.